The van der Waals surface area contributed by atoms with Gasteiger partial charge in [0.05, 0.1) is 0 Å². The number of aryl methyl sites for hydroxylation is 2. The molecule has 0 spiro atoms. The maximum Gasteiger partial charge on any atom is 0.321 e. The number of amides is 2. The van der Waals surface area contributed by atoms with Crippen LogP contribution in [0.2, 0.25) is 0 Å². The lowest BCUT2D eigenvalue weighted by atomic mass is 10.0. The number of carbonyl (C=O) groups excluding carboxylic acids is 1. The Bertz CT molecular complexity index is 1110. The van der Waals surface area contributed by atoms with Crippen molar-refractivity contribution >= 4 is 17.5 Å². The van der Waals surface area contributed by atoms with Gasteiger partial charge < -0.3 is 15.1 Å². The molecule has 1 fully saturated rings. The summed E-state index contributed by atoms with van der Waals surface area (Å²) < 4.78 is 0. The standard InChI is InChI=1S/C28H35N5O/c1-5-22-12-14-24(15-13-22)30-28(34)33-17-9-16-32(18-19-33)27-25(20(2)3)21(4)29-26(31-27)23-10-7-6-8-11-23/h6-8,10-15,20H,5,9,16-19H2,1-4H3,(H,30,34). The molecular weight excluding hydrogens is 422 g/mol. The van der Waals surface area contributed by atoms with Crippen LogP contribution in [0, 0.1) is 6.92 Å². The van der Waals surface area contributed by atoms with Crippen molar-refractivity contribution in [2.24, 2.45) is 0 Å². The fourth-order valence-corrected chi connectivity index (χ4v) is 4.56. The average molecular weight is 458 g/mol. The molecule has 2 aromatic carbocycles. The summed E-state index contributed by atoms with van der Waals surface area (Å²) in [6.45, 7) is 11.6. The molecule has 0 atom stereocenters. The molecule has 0 saturated carbocycles. The van der Waals surface area contributed by atoms with Crippen LogP contribution in [0.5, 0.6) is 0 Å². The molecule has 0 aliphatic carbocycles. The number of nitrogens with zero attached hydrogens (tertiary/aromatic N) is 4. The van der Waals surface area contributed by atoms with Crippen molar-refractivity contribution < 1.29 is 4.79 Å². The van der Waals surface area contributed by atoms with Gasteiger partial charge in [-0.3, -0.25) is 0 Å². The van der Waals surface area contributed by atoms with Crippen molar-refractivity contribution in [1.82, 2.24) is 14.9 Å². The van der Waals surface area contributed by atoms with Crippen LogP contribution < -0.4 is 10.2 Å². The number of nitrogens with one attached hydrogen (secondary N) is 1. The minimum absolute atomic E-state index is 0.0426. The lowest BCUT2D eigenvalue weighted by molar-refractivity contribution is 0.215. The zero-order valence-electron chi connectivity index (χ0n) is 20.7. The third kappa shape index (κ3) is 5.38. The quantitative estimate of drug-likeness (QED) is 0.520. The summed E-state index contributed by atoms with van der Waals surface area (Å²) >= 11 is 0. The molecule has 4 rings (SSSR count). The van der Waals surface area contributed by atoms with Crippen LogP contribution in [0.4, 0.5) is 16.3 Å². The molecule has 1 aliphatic heterocycles. The van der Waals surface area contributed by atoms with Crippen LogP contribution in [0.25, 0.3) is 11.4 Å². The highest BCUT2D eigenvalue weighted by Gasteiger charge is 2.24. The molecule has 0 bridgehead atoms. The van der Waals surface area contributed by atoms with E-state index in [2.05, 4.69) is 62.2 Å². The van der Waals surface area contributed by atoms with Crippen molar-refractivity contribution in [3.8, 4) is 11.4 Å². The summed E-state index contributed by atoms with van der Waals surface area (Å²) in [6.07, 6.45) is 1.88. The first-order chi connectivity index (χ1) is 16.5. The van der Waals surface area contributed by atoms with E-state index in [0.29, 0.717) is 12.5 Å². The number of hydrogen-bond acceptors (Lipinski definition) is 4. The molecule has 1 saturated heterocycles. The number of benzene rings is 2. The van der Waals surface area contributed by atoms with E-state index in [1.165, 1.54) is 11.1 Å². The molecule has 6 nitrogen and oxygen atoms in total. The van der Waals surface area contributed by atoms with E-state index >= 15 is 0 Å². The maximum atomic E-state index is 13.0. The van der Waals surface area contributed by atoms with Crippen molar-refractivity contribution in [3.63, 3.8) is 0 Å². The second-order valence-corrected chi connectivity index (χ2v) is 9.20. The van der Waals surface area contributed by atoms with Gasteiger partial charge in [0.15, 0.2) is 5.82 Å². The number of aromatic nitrogens is 2. The van der Waals surface area contributed by atoms with Gasteiger partial charge in [0.1, 0.15) is 5.82 Å². The predicted octanol–water partition coefficient (Wildman–Crippen LogP) is 5.88. The van der Waals surface area contributed by atoms with E-state index in [0.717, 1.165) is 61.1 Å². The highest BCUT2D eigenvalue weighted by molar-refractivity contribution is 5.89. The summed E-state index contributed by atoms with van der Waals surface area (Å²) in [5.74, 6) is 2.07. The second kappa shape index (κ2) is 10.7. The second-order valence-electron chi connectivity index (χ2n) is 9.20. The lowest BCUT2D eigenvalue weighted by Crippen LogP contribution is -2.38. The van der Waals surface area contributed by atoms with E-state index in [1.807, 2.05) is 35.2 Å². The highest BCUT2D eigenvalue weighted by atomic mass is 16.2. The van der Waals surface area contributed by atoms with Crippen molar-refractivity contribution in [1.29, 1.82) is 0 Å². The molecule has 0 radical (unpaired) electrons. The normalized spacial score (nSPS) is 14.3. The fourth-order valence-electron chi connectivity index (χ4n) is 4.56. The molecule has 6 heteroatoms. The van der Waals surface area contributed by atoms with E-state index in [1.54, 1.807) is 0 Å². The Kier molecular flexibility index (Phi) is 7.46. The summed E-state index contributed by atoms with van der Waals surface area (Å²) in [6, 6.07) is 18.2. The van der Waals surface area contributed by atoms with Crippen LogP contribution in [0.1, 0.15) is 49.9 Å². The SMILES string of the molecule is CCc1ccc(NC(=O)N2CCCN(c3nc(-c4ccccc4)nc(C)c3C(C)C)CC2)cc1. The number of carbonyl (C=O) groups is 1. The minimum atomic E-state index is -0.0426. The number of anilines is 2. The number of hydrogen-bond donors (Lipinski definition) is 1. The van der Waals surface area contributed by atoms with Crippen LogP contribution in [0.3, 0.4) is 0 Å². The van der Waals surface area contributed by atoms with Crippen LogP contribution in [0.15, 0.2) is 54.6 Å². The van der Waals surface area contributed by atoms with Gasteiger partial charge in [0, 0.05) is 48.7 Å². The molecule has 3 aromatic rings. The van der Waals surface area contributed by atoms with Gasteiger partial charge in [-0.25, -0.2) is 14.8 Å². The third-order valence-electron chi connectivity index (χ3n) is 6.42. The van der Waals surface area contributed by atoms with Gasteiger partial charge in [-0.1, -0.05) is 63.2 Å². The summed E-state index contributed by atoms with van der Waals surface area (Å²) in [5.41, 5.74) is 5.33. The highest BCUT2D eigenvalue weighted by Crippen LogP contribution is 2.31. The zero-order valence-corrected chi connectivity index (χ0v) is 20.7. The van der Waals surface area contributed by atoms with E-state index in [9.17, 15) is 4.79 Å². The average Bonchev–Trinajstić information content (AvgIpc) is 3.11. The monoisotopic (exact) mass is 457 g/mol. The Hall–Kier alpha value is -3.41. The molecule has 1 aliphatic rings. The molecule has 1 N–H and O–H groups in total. The van der Waals surface area contributed by atoms with Gasteiger partial charge in [0.25, 0.3) is 0 Å². The van der Waals surface area contributed by atoms with Gasteiger partial charge in [-0.15, -0.1) is 0 Å². The zero-order chi connectivity index (χ0) is 24.1. The first-order valence-corrected chi connectivity index (χ1v) is 12.3. The topological polar surface area (TPSA) is 61.4 Å². The van der Waals surface area contributed by atoms with E-state index in [-0.39, 0.29) is 6.03 Å². The molecule has 1 aromatic heterocycles. The van der Waals surface area contributed by atoms with Crippen molar-refractivity contribution in [2.45, 2.75) is 46.5 Å². The van der Waals surface area contributed by atoms with Crippen LogP contribution >= 0.6 is 0 Å². The van der Waals surface area contributed by atoms with Gasteiger partial charge in [-0.05, 0) is 43.4 Å². The Labute approximate surface area is 203 Å². The Balaban J connectivity index is 1.52. The van der Waals surface area contributed by atoms with Crippen molar-refractivity contribution in [3.05, 3.63) is 71.4 Å². The van der Waals surface area contributed by atoms with Crippen molar-refractivity contribution in [2.75, 3.05) is 36.4 Å². The molecular formula is C28H35N5O. The Morgan fingerprint density at radius 2 is 1.71 bits per heavy atom. The van der Waals surface area contributed by atoms with E-state index < -0.39 is 0 Å². The maximum absolute atomic E-state index is 13.0. The number of urea groups is 1. The molecule has 178 valence electrons. The summed E-state index contributed by atoms with van der Waals surface area (Å²) in [4.78, 5) is 27.1. The molecule has 34 heavy (non-hydrogen) atoms. The first-order valence-electron chi connectivity index (χ1n) is 12.3. The molecule has 2 heterocycles. The molecule has 2 amide bonds. The lowest BCUT2D eigenvalue weighted by Gasteiger charge is -2.27. The fraction of sp³-hybridized carbons (Fsp3) is 0.393. The third-order valence-corrected chi connectivity index (χ3v) is 6.42. The Morgan fingerprint density at radius 3 is 2.38 bits per heavy atom. The first kappa shape index (κ1) is 23.7. The smallest absolute Gasteiger partial charge is 0.321 e. The summed E-state index contributed by atoms with van der Waals surface area (Å²) in [5, 5.41) is 3.06. The van der Waals surface area contributed by atoms with Crippen LogP contribution in [-0.4, -0.2) is 47.1 Å². The Morgan fingerprint density at radius 1 is 0.971 bits per heavy atom. The summed E-state index contributed by atoms with van der Waals surface area (Å²) in [7, 11) is 0. The number of rotatable bonds is 5. The van der Waals surface area contributed by atoms with E-state index in [4.69, 9.17) is 9.97 Å². The van der Waals surface area contributed by atoms with Gasteiger partial charge >= 0.3 is 6.03 Å². The van der Waals surface area contributed by atoms with Crippen LogP contribution in [-0.2, 0) is 6.42 Å². The van der Waals surface area contributed by atoms with Gasteiger partial charge in [-0.2, -0.15) is 0 Å². The molecule has 0 unspecified atom stereocenters. The van der Waals surface area contributed by atoms with Gasteiger partial charge in [0.2, 0.25) is 0 Å². The largest absolute Gasteiger partial charge is 0.354 e. The minimum Gasteiger partial charge on any atom is -0.354 e. The predicted molar refractivity (Wildman–Crippen MR) is 140 cm³/mol.